The Morgan fingerprint density at radius 3 is 1.67 bits per heavy atom. The van der Waals surface area contributed by atoms with E-state index in [0.29, 0.717) is 17.5 Å². The molecular formula is C45H31N3. The van der Waals surface area contributed by atoms with Gasteiger partial charge >= 0.3 is 0 Å². The lowest BCUT2D eigenvalue weighted by Gasteiger charge is -2.30. The molecule has 0 bridgehead atoms. The first-order chi connectivity index (χ1) is 23.7. The van der Waals surface area contributed by atoms with E-state index in [2.05, 4.69) is 116 Å². The molecule has 0 saturated heterocycles. The van der Waals surface area contributed by atoms with Gasteiger partial charge in [-0.05, 0) is 67.9 Å². The number of hydrogen-bond acceptors (Lipinski definition) is 3. The van der Waals surface area contributed by atoms with Crippen LogP contribution in [0.25, 0.3) is 56.7 Å². The van der Waals surface area contributed by atoms with Crippen LogP contribution in [0.2, 0.25) is 0 Å². The predicted octanol–water partition coefficient (Wildman–Crippen LogP) is 8.73. The Morgan fingerprint density at radius 1 is 0.521 bits per heavy atom. The topological polar surface area (TPSA) is 38.7 Å². The minimum Gasteiger partial charge on any atom is -0.208 e. The molecule has 0 saturated carbocycles. The molecule has 0 radical (unpaired) electrons. The third-order valence-electron chi connectivity index (χ3n) is 9.93. The second-order valence-corrected chi connectivity index (χ2v) is 12.3. The zero-order valence-corrected chi connectivity index (χ0v) is 26.6. The lowest BCUT2D eigenvalue weighted by Crippen LogP contribution is -2.27. The van der Waals surface area contributed by atoms with Gasteiger partial charge in [0.05, 0.1) is 5.41 Å². The van der Waals surface area contributed by atoms with E-state index >= 15 is 0 Å². The van der Waals surface area contributed by atoms with E-state index in [1.807, 2.05) is 55.5 Å². The summed E-state index contributed by atoms with van der Waals surface area (Å²) in [7, 11) is 0. The van der Waals surface area contributed by atoms with Gasteiger partial charge in [0.25, 0.3) is 0 Å². The van der Waals surface area contributed by atoms with Gasteiger partial charge in [-0.15, -0.1) is 0 Å². The number of aromatic nitrogens is 3. The van der Waals surface area contributed by atoms with Crippen molar-refractivity contribution in [2.45, 2.75) is 12.3 Å². The van der Waals surface area contributed by atoms with Gasteiger partial charge in [-0.3, -0.25) is 0 Å². The minimum atomic E-state index is -0.388. The highest BCUT2D eigenvalue weighted by Crippen LogP contribution is 2.62. The molecule has 6 aromatic carbocycles. The van der Waals surface area contributed by atoms with E-state index < -0.39 is 0 Å². The van der Waals surface area contributed by atoms with Crippen LogP contribution in [0, 0.1) is 0 Å². The molecule has 0 unspecified atom stereocenters. The average Bonchev–Trinajstić information content (AvgIpc) is 3.63. The van der Waals surface area contributed by atoms with Gasteiger partial charge in [-0.25, -0.2) is 15.0 Å². The van der Waals surface area contributed by atoms with E-state index in [1.165, 1.54) is 44.5 Å². The molecule has 2 aliphatic rings. The molecule has 0 amide bonds. The maximum atomic E-state index is 5.15. The normalized spacial score (nSPS) is 14.2. The summed E-state index contributed by atoms with van der Waals surface area (Å²) < 4.78 is 0. The molecule has 0 N–H and O–H groups in total. The quantitative estimate of drug-likeness (QED) is 0.199. The number of allylic oxidation sites excluding steroid dienone is 1. The third kappa shape index (κ3) is 3.98. The second-order valence-electron chi connectivity index (χ2n) is 12.3. The summed E-state index contributed by atoms with van der Waals surface area (Å²) in [5.41, 5.74) is 12.7. The maximum Gasteiger partial charge on any atom is 0.164 e. The number of rotatable bonds is 4. The Labute approximate surface area is 280 Å². The zero-order valence-electron chi connectivity index (χ0n) is 26.6. The van der Waals surface area contributed by atoms with Gasteiger partial charge in [0.1, 0.15) is 0 Å². The van der Waals surface area contributed by atoms with Crippen LogP contribution in [0.5, 0.6) is 0 Å². The summed E-state index contributed by atoms with van der Waals surface area (Å²) in [6.45, 7) is 6.24. The Kier molecular flexibility index (Phi) is 6.41. The number of hydrogen-bond donors (Lipinski definition) is 0. The van der Waals surface area contributed by atoms with Crippen molar-refractivity contribution in [2.75, 3.05) is 0 Å². The fourth-order valence-corrected chi connectivity index (χ4v) is 7.90. The SMILES string of the molecule is C=C/C(c1nc(-c2ccccc2)nc(-c2ccc3c(c2)-c2ccccc2C32c3ccccc3-c3ccccc32)n1)=c1/cccc/c1=C/C. The molecule has 3 heteroatoms. The Morgan fingerprint density at radius 2 is 1.04 bits per heavy atom. The molecule has 2 aliphatic carbocycles. The molecule has 7 aromatic rings. The van der Waals surface area contributed by atoms with Crippen LogP contribution >= 0.6 is 0 Å². The van der Waals surface area contributed by atoms with Crippen LogP contribution in [0.1, 0.15) is 35.0 Å². The molecule has 0 atom stereocenters. The van der Waals surface area contributed by atoms with E-state index in [9.17, 15) is 0 Å². The van der Waals surface area contributed by atoms with E-state index in [4.69, 9.17) is 15.0 Å². The molecule has 1 aromatic heterocycles. The number of benzene rings is 6. The van der Waals surface area contributed by atoms with Crippen LogP contribution in [0.15, 0.2) is 158 Å². The number of fused-ring (bicyclic) bond motifs is 10. The lowest BCUT2D eigenvalue weighted by molar-refractivity contribution is 0.794. The van der Waals surface area contributed by atoms with Gasteiger partial charge in [-0.1, -0.05) is 158 Å². The summed E-state index contributed by atoms with van der Waals surface area (Å²) in [5.74, 6) is 1.85. The van der Waals surface area contributed by atoms with Crippen molar-refractivity contribution in [1.82, 2.24) is 15.0 Å². The Bertz CT molecular complexity index is 2500. The van der Waals surface area contributed by atoms with Crippen LogP contribution in [-0.4, -0.2) is 15.0 Å². The average molecular weight is 614 g/mol. The van der Waals surface area contributed by atoms with Gasteiger partial charge < -0.3 is 0 Å². The highest BCUT2D eigenvalue weighted by molar-refractivity contribution is 5.95. The minimum absolute atomic E-state index is 0.388. The summed E-state index contributed by atoms with van der Waals surface area (Å²) in [6, 6.07) is 51.8. The Hall–Kier alpha value is -6.19. The molecule has 0 aliphatic heterocycles. The molecule has 1 spiro atoms. The van der Waals surface area contributed by atoms with Crippen molar-refractivity contribution in [3.63, 3.8) is 0 Å². The summed E-state index contributed by atoms with van der Waals surface area (Å²) >= 11 is 0. The van der Waals surface area contributed by atoms with Crippen LogP contribution < -0.4 is 10.4 Å². The molecule has 1 heterocycles. The highest BCUT2D eigenvalue weighted by atomic mass is 15.0. The first-order valence-corrected chi connectivity index (χ1v) is 16.4. The monoisotopic (exact) mass is 613 g/mol. The fraction of sp³-hybridized carbons (Fsp3) is 0.0444. The van der Waals surface area contributed by atoms with Crippen molar-refractivity contribution in [2.24, 2.45) is 0 Å². The Balaban J connectivity index is 1.31. The first-order valence-electron chi connectivity index (χ1n) is 16.4. The molecule has 0 fully saturated rings. The highest BCUT2D eigenvalue weighted by Gasteiger charge is 2.51. The molecule has 48 heavy (non-hydrogen) atoms. The zero-order chi connectivity index (χ0) is 32.2. The second kappa shape index (κ2) is 11.0. The van der Waals surface area contributed by atoms with E-state index in [-0.39, 0.29) is 5.41 Å². The van der Waals surface area contributed by atoms with Crippen molar-refractivity contribution in [3.05, 3.63) is 197 Å². The number of nitrogens with zero attached hydrogens (tertiary/aromatic N) is 3. The predicted molar refractivity (Wildman–Crippen MR) is 196 cm³/mol. The van der Waals surface area contributed by atoms with Crippen molar-refractivity contribution in [1.29, 1.82) is 0 Å². The van der Waals surface area contributed by atoms with Crippen LogP contribution in [-0.2, 0) is 5.41 Å². The van der Waals surface area contributed by atoms with Gasteiger partial charge in [0.15, 0.2) is 17.5 Å². The van der Waals surface area contributed by atoms with Gasteiger partial charge in [0, 0.05) is 16.7 Å². The van der Waals surface area contributed by atoms with E-state index in [0.717, 1.165) is 27.1 Å². The lowest BCUT2D eigenvalue weighted by atomic mass is 9.70. The summed E-state index contributed by atoms with van der Waals surface area (Å²) in [6.07, 6.45) is 3.96. The molecular weight excluding hydrogens is 583 g/mol. The first kappa shape index (κ1) is 28.1. The van der Waals surface area contributed by atoms with Crippen molar-refractivity contribution < 1.29 is 0 Å². The molecule has 9 rings (SSSR count). The fourth-order valence-electron chi connectivity index (χ4n) is 7.90. The van der Waals surface area contributed by atoms with Crippen molar-refractivity contribution in [3.8, 4) is 45.0 Å². The summed E-state index contributed by atoms with van der Waals surface area (Å²) in [5, 5.41) is 2.14. The van der Waals surface area contributed by atoms with Crippen molar-refractivity contribution >= 4 is 11.6 Å². The van der Waals surface area contributed by atoms with Crippen LogP contribution in [0.4, 0.5) is 0 Å². The molecule has 3 nitrogen and oxygen atoms in total. The van der Waals surface area contributed by atoms with Gasteiger partial charge in [-0.2, -0.15) is 0 Å². The van der Waals surface area contributed by atoms with Gasteiger partial charge in [0.2, 0.25) is 0 Å². The summed E-state index contributed by atoms with van der Waals surface area (Å²) in [4.78, 5) is 15.3. The largest absolute Gasteiger partial charge is 0.208 e. The maximum absolute atomic E-state index is 5.15. The third-order valence-corrected chi connectivity index (χ3v) is 9.93. The smallest absolute Gasteiger partial charge is 0.164 e. The van der Waals surface area contributed by atoms with E-state index in [1.54, 1.807) is 0 Å². The molecule has 226 valence electrons. The van der Waals surface area contributed by atoms with Crippen LogP contribution in [0.3, 0.4) is 0 Å². The standard InChI is InChI=1S/C45H31N3/c1-3-29-16-8-9-19-33(29)32(4-2)44-47-42(30-17-6-5-7-18-30)46-43(48-44)31-26-27-41-37(28-31)36-22-12-15-25-40(36)45(41)38-23-13-10-20-34(38)35-21-11-14-24-39(35)45/h3-28H,2H2,1H3/b29-3-,33-32+.